The largest absolute Gasteiger partial charge is 0.294 e. The number of carbonyl (C=O) groups excluding carboxylic acids is 1. The lowest BCUT2D eigenvalue weighted by molar-refractivity contribution is 0.0889. The molecule has 0 aromatic heterocycles. The van der Waals surface area contributed by atoms with Crippen molar-refractivity contribution >= 4 is 17.4 Å². The number of rotatable bonds is 3. The van der Waals surface area contributed by atoms with Gasteiger partial charge < -0.3 is 0 Å². The zero-order chi connectivity index (χ0) is 12.3. The van der Waals surface area contributed by atoms with Crippen LogP contribution < -0.4 is 0 Å². The molecule has 2 rings (SSSR count). The first kappa shape index (κ1) is 12.6. The summed E-state index contributed by atoms with van der Waals surface area (Å²) < 4.78 is 0. The highest BCUT2D eigenvalue weighted by molar-refractivity contribution is 6.31. The van der Waals surface area contributed by atoms with Crippen molar-refractivity contribution in [2.24, 2.45) is 5.92 Å². The van der Waals surface area contributed by atoms with E-state index in [0.29, 0.717) is 0 Å². The molecule has 17 heavy (non-hydrogen) atoms. The molecule has 92 valence electrons. The van der Waals surface area contributed by atoms with Crippen LogP contribution in [0.1, 0.15) is 54.9 Å². The van der Waals surface area contributed by atoms with E-state index in [-0.39, 0.29) is 11.7 Å². The van der Waals surface area contributed by atoms with Crippen molar-refractivity contribution in [3.63, 3.8) is 0 Å². The minimum atomic E-state index is 0.229. The lowest BCUT2D eigenvalue weighted by Crippen LogP contribution is -2.17. The molecule has 1 aromatic rings. The quantitative estimate of drug-likeness (QED) is 0.713. The van der Waals surface area contributed by atoms with Crippen molar-refractivity contribution < 1.29 is 4.79 Å². The normalized spacial score (nSPS) is 17.1. The van der Waals surface area contributed by atoms with Gasteiger partial charge in [-0.3, -0.25) is 4.79 Å². The van der Waals surface area contributed by atoms with Crippen molar-refractivity contribution in [1.82, 2.24) is 0 Å². The second-order valence-corrected chi connectivity index (χ2v) is 5.27. The van der Waals surface area contributed by atoms with E-state index in [4.69, 9.17) is 11.6 Å². The van der Waals surface area contributed by atoms with Gasteiger partial charge in [0.1, 0.15) is 0 Å². The number of carbonyl (C=O) groups is 1. The number of halogens is 1. The summed E-state index contributed by atoms with van der Waals surface area (Å²) in [5, 5.41) is 0.731. The highest BCUT2D eigenvalue weighted by atomic mass is 35.5. The summed E-state index contributed by atoms with van der Waals surface area (Å²) in [6, 6.07) is 5.76. The van der Waals surface area contributed by atoms with E-state index in [0.717, 1.165) is 35.4 Å². The second-order valence-electron chi connectivity index (χ2n) is 4.86. The number of Topliss-reactive ketones (excluding diaryl/α,β-unsaturated/α-hetero) is 1. The van der Waals surface area contributed by atoms with Gasteiger partial charge in [0, 0.05) is 16.5 Å². The van der Waals surface area contributed by atoms with Crippen LogP contribution >= 0.6 is 11.6 Å². The Kier molecular flexibility index (Phi) is 4.22. The van der Waals surface area contributed by atoms with Gasteiger partial charge in [0.05, 0.1) is 0 Å². The summed E-state index contributed by atoms with van der Waals surface area (Å²) in [6.07, 6.45) is 6.67. The first-order valence-electron chi connectivity index (χ1n) is 6.55. The molecule has 1 nitrogen and oxygen atoms in total. The van der Waals surface area contributed by atoms with E-state index < -0.39 is 0 Å². The van der Waals surface area contributed by atoms with Gasteiger partial charge in [0.2, 0.25) is 0 Å². The fourth-order valence-electron chi connectivity index (χ4n) is 2.59. The van der Waals surface area contributed by atoms with E-state index >= 15 is 0 Å². The van der Waals surface area contributed by atoms with Crippen LogP contribution in [0.25, 0.3) is 0 Å². The third kappa shape index (κ3) is 2.90. The Balaban J connectivity index is 2.16. The molecule has 0 atom stereocenters. The molecule has 0 amide bonds. The number of benzene rings is 1. The highest BCUT2D eigenvalue weighted by Gasteiger charge is 2.22. The molecule has 0 bridgehead atoms. The molecular formula is C15H19ClO. The average molecular weight is 251 g/mol. The lowest BCUT2D eigenvalue weighted by Gasteiger charge is -2.20. The predicted molar refractivity (Wildman–Crippen MR) is 71.7 cm³/mol. The Morgan fingerprint density at radius 3 is 2.59 bits per heavy atom. The van der Waals surface area contributed by atoms with Crippen molar-refractivity contribution in [1.29, 1.82) is 0 Å². The Morgan fingerprint density at radius 2 is 2.00 bits per heavy atom. The lowest BCUT2D eigenvalue weighted by atomic mass is 9.84. The summed E-state index contributed by atoms with van der Waals surface area (Å²) in [6.45, 7) is 2.07. The molecule has 1 aliphatic rings. The van der Waals surface area contributed by atoms with Crippen LogP contribution in [0.2, 0.25) is 5.02 Å². The van der Waals surface area contributed by atoms with Crippen LogP contribution in [-0.4, -0.2) is 5.78 Å². The molecule has 0 heterocycles. The highest BCUT2D eigenvalue weighted by Crippen LogP contribution is 2.28. The van der Waals surface area contributed by atoms with Gasteiger partial charge >= 0.3 is 0 Å². The molecule has 0 aliphatic heterocycles. The number of ketones is 1. The SMILES string of the molecule is CCc1ccc(C(=O)C2CCCCC2)cc1Cl. The standard InChI is InChI=1S/C15H19ClO/c1-2-11-8-9-13(10-14(11)16)15(17)12-6-4-3-5-7-12/h8-10,12H,2-7H2,1H3. The van der Waals surface area contributed by atoms with Crippen LogP contribution in [-0.2, 0) is 6.42 Å². The van der Waals surface area contributed by atoms with Crippen molar-refractivity contribution in [3.05, 3.63) is 34.3 Å². The van der Waals surface area contributed by atoms with Gasteiger partial charge in [-0.25, -0.2) is 0 Å². The molecule has 0 radical (unpaired) electrons. The van der Waals surface area contributed by atoms with Crippen LogP contribution in [0.4, 0.5) is 0 Å². The summed E-state index contributed by atoms with van der Waals surface area (Å²) >= 11 is 6.16. The average Bonchev–Trinajstić information content (AvgIpc) is 2.39. The minimum Gasteiger partial charge on any atom is -0.294 e. The predicted octanol–water partition coefficient (Wildman–Crippen LogP) is 4.67. The summed E-state index contributed by atoms with van der Waals surface area (Å²) in [4.78, 5) is 12.3. The fourth-order valence-corrected chi connectivity index (χ4v) is 2.90. The minimum absolute atomic E-state index is 0.229. The number of hydrogen-bond donors (Lipinski definition) is 0. The van der Waals surface area contributed by atoms with Gasteiger partial charge in [0.25, 0.3) is 0 Å². The van der Waals surface area contributed by atoms with Crippen molar-refractivity contribution in [2.75, 3.05) is 0 Å². The van der Waals surface area contributed by atoms with Crippen molar-refractivity contribution in [3.8, 4) is 0 Å². The molecule has 0 N–H and O–H groups in total. The monoisotopic (exact) mass is 250 g/mol. The third-order valence-electron chi connectivity index (χ3n) is 3.69. The fraction of sp³-hybridized carbons (Fsp3) is 0.533. The molecule has 2 heteroatoms. The van der Waals surface area contributed by atoms with E-state index in [1.807, 2.05) is 18.2 Å². The first-order valence-corrected chi connectivity index (χ1v) is 6.92. The van der Waals surface area contributed by atoms with Gasteiger partial charge in [0.15, 0.2) is 5.78 Å². The molecule has 0 spiro atoms. The molecule has 0 unspecified atom stereocenters. The molecule has 1 fully saturated rings. The van der Waals surface area contributed by atoms with Gasteiger partial charge in [-0.15, -0.1) is 0 Å². The summed E-state index contributed by atoms with van der Waals surface area (Å²) in [5.41, 5.74) is 1.91. The van der Waals surface area contributed by atoms with E-state index in [9.17, 15) is 4.79 Å². The first-order chi connectivity index (χ1) is 8.22. The van der Waals surface area contributed by atoms with Gasteiger partial charge in [-0.1, -0.05) is 49.9 Å². The van der Waals surface area contributed by atoms with Crippen molar-refractivity contribution in [2.45, 2.75) is 45.4 Å². The number of hydrogen-bond acceptors (Lipinski definition) is 1. The van der Waals surface area contributed by atoms with Crippen LogP contribution in [0.15, 0.2) is 18.2 Å². The molecule has 1 saturated carbocycles. The van der Waals surface area contributed by atoms with Gasteiger partial charge in [-0.05, 0) is 30.9 Å². The number of aryl methyl sites for hydroxylation is 1. The molecule has 1 aliphatic carbocycles. The maximum Gasteiger partial charge on any atom is 0.165 e. The third-order valence-corrected chi connectivity index (χ3v) is 4.05. The molecule has 1 aromatic carbocycles. The summed E-state index contributed by atoms with van der Waals surface area (Å²) in [5.74, 6) is 0.515. The summed E-state index contributed by atoms with van der Waals surface area (Å²) in [7, 11) is 0. The smallest absolute Gasteiger partial charge is 0.165 e. The maximum absolute atomic E-state index is 12.3. The Labute approximate surface area is 108 Å². The van der Waals surface area contributed by atoms with E-state index in [1.54, 1.807) is 0 Å². The second kappa shape index (κ2) is 5.68. The zero-order valence-corrected chi connectivity index (χ0v) is 11.1. The van der Waals surface area contributed by atoms with Crippen LogP contribution in [0, 0.1) is 5.92 Å². The zero-order valence-electron chi connectivity index (χ0n) is 10.3. The van der Waals surface area contributed by atoms with Crippen LogP contribution in [0.5, 0.6) is 0 Å². The van der Waals surface area contributed by atoms with E-state index in [2.05, 4.69) is 6.92 Å². The van der Waals surface area contributed by atoms with E-state index in [1.165, 1.54) is 19.3 Å². The van der Waals surface area contributed by atoms with Gasteiger partial charge in [-0.2, -0.15) is 0 Å². The Morgan fingerprint density at radius 1 is 1.29 bits per heavy atom. The molecular weight excluding hydrogens is 232 g/mol. The topological polar surface area (TPSA) is 17.1 Å². The maximum atomic E-state index is 12.3. The van der Waals surface area contributed by atoms with Crippen LogP contribution in [0.3, 0.4) is 0 Å². The Bertz CT molecular complexity index is 405. The Hall–Kier alpha value is -0.820. The molecule has 0 saturated heterocycles.